The summed E-state index contributed by atoms with van der Waals surface area (Å²) >= 11 is 0. The normalized spacial score (nSPS) is 37.0. The molecular formula is C20H23NO7. The summed E-state index contributed by atoms with van der Waals surface area (Å²) in [5.41, 5.74) is 0.691. The van der Waals surface area contributed by atoms with Gasteiger partial charge in [-0.05, 0) is 37.0 Å². The van der Waals surface area contributed by atoms with E-state index in [0.717, 1.165) is 7.11 Å². The first-order chi connectivity index (χ1) is 13.3. The second kappa shape index (κ2) is 6.56. The zero-order chi connectivity index (χ0) is 20.2. The number of ether oxygens (including phenoxy) is 2. The first-order valence-electron chi connectivity index (χ1n) is 9.46. The highest BCUT2D eigenvalue weighted by Crippen LogP contribution is 2.58. The Bertz CT molecular complexity index is 840. The zero-order valence-electron chi connectivity index (χ0n) is 15.7. The van der Waals surface area contributed by atoms with Gasteiger partial charge in [0.05, 0.1) is 25.0 Å². The molecule has 4 rings (SSSR count). The summed E-state index contributed by atoms with van der Waals surface area (Å²) in [6.45, 7) is 1.89. The molecule has 2 saturated heterocycles. The van der Waals surface area contributed by atoms with Gasteiger partial charge in [0, 0.05) is 11.8 Å². The molecule has 0 aromatic heterocycles. The summed E-state index contributed by atoms with van der Waals surface area (Å²) in [6, 6.07) is 6.57. The van der Waals surface area contributed by atoms with E-state index < -0.39 is 47.6 Å². The summed E-state index contributed by atoms with van der Waals surface area (Å²) in [6.07, 6.45) is -0.387. The first-order valence-corrected chi connectivity index (χ1v) is 9.46. The lowest BCUT2D eigenvalue weighted by Crippen LogP contribution is -2.53. The van der Waals surface area contributed by atoms with Crippen molar-refractivity contribution in [1.29, 1.82) is 0 Å². The van der Waals surface area contributed by atoms with Crippen molar-refractivity contribution in [1.82, 2.24) is 4.90 Å². The van der Waals surface area contributed by atoms with Crippen LogP contribution in [0.25, 0.3) is 0 Å². The third-order valence-electron chi connectivity index (χ3n) is 6.46. The molecule has 0 bridgehead atoms. The van der Waals surface area contributed by atoms with Gasteiger partial charge >= 0.3 is 6.09 Å². The Balaban J connectivity index is 1.72. The highest BCUT2D eigenvalue weighted by atomic mass is 16.6. The monoisotopic (exact) mass is 389 g/mol. The molecular weight excluding hydrogens is 366 g/mol. The molecule has 0 radical (unpaired) electrons. The number of phenols is 1. The summed E-state index contributed by atoms with van der Waals surface area (Å²) in [5, 5.41) is 21.2. The number of hydrogen-bond acceptors (Lipinski definition) is 7. The Hall–Kier alpha value is -2.45. The van der Waals surface area contributed by atoms with E-state index in [1.807, 2.05) is 6.92 Å². The maximum Gasteiger partial charge on any atom is 0.423 e. The number of carbonyl (C=O) groups excluding carboxylic acids is 3. The Morgan fingerprint density at radius 1 is 1.32 bits per heavy atom. The van der Waals surface area contributed by atoms with Gasteiger partial charge < -0.3 is 19.7 Å². The van der Waals surface area contributed by atoms with E-state index in [0.29, 0.717) is 23.3 Å². The van der Waals surface area contributed by atoms with E-state index in [9.17, 15) is 24.6 Å². The quantitative estimate of drug-likeness (QED) is 0.743. The average Bonchev–Trinajstić information content (AvgIpc) is 3.15. The van der Waals surface area contributed by atoms with Crippen molar-refractivity contribution in [3.8, 4) is 5.75 Å². The molecule has 2 aliphatic heterocycles. The van der Waals surface area contributed by atoms with Crippen LogP contribution in [0.5, 0.6) is 5.75 Å². The number of imide groups is 3. The van der Waals surface area contributed by atoms with Gasteiger partial charge in [0.2, 0.25) is 11.8 Å². The van der Waals surface area contributed by atoms with E-state index in [1.165, 1.54) is 0 Å². The molecule has 8 nitrogen and oxygen atoms in total. The van der Waals surface area contributed by atoms with Gasteiger partial charge in [-0.2, -0.15) is 4.90 Å². The molecule has 3 fully saturated rings. The predicted molar refractivity (Wildman–Crippen MR) is 94.6 cm³/mol. The van der Waals surface area contributed by atoms with Gasteiger partial charge in [0.1, 0.15) is 5.75 Å². The third kappa shape index (κ3) is 2.55. The second-order valence-electron chi connectivity index (χ2n) is 7.75. The lowest BCUT2D eigenvalue weighted by molar-refractivity contribution is -0.269. The number of phenolic OH excluding ortho intramolecular Hbond substituents is 1. The SMILES string of the molecule is CC[C@H]1C[C@@H]2C(=O)N(C(=O)OC)C(=O)[C@@H]2[C@@H]2C[C@@H](c3cccc(O)c3)O[C@]12O. The number of carbonyl (C=O) groups is 3. The Kier molecular flexibility index (Phi) is 4.43. The van der Waals surface area contributed by atoms with Crippen molar-refractivity contribution in [2.75, 3.05) is 7.11 Å². The number of fused-ring (bicyclic) bond motifs is 3. The maximum absolute atomic E-state index is 12.9. The van der Waals surface area contributed by atoms with Gasteiger partial charge in [-0.15, -0.1) is 0 Å². The first kappa shape index (κ1) is 18.9. The van der Waals surface area contributed by atoms with Crippen LogP contribution in [0.15, 0.2) is 24.3 Å². The average molecular weight is 389 g/mol. The number of aromatic hydroxyl groups is 1. The minimum atomic E-state index is -1.58. The fourth-order valence-electron chi connectivity index (χ4n) is 5.15. The largest absolute Gasteiger partial charge is 0.508 e. The van der Waals surface area contributed by atoms with Gasteiger partial charge in [-0.25, -0.2) is 4.79 Å². The van der Waals surface area contributed by atoms with Crippen molar-refractivity contribution < 1.29 is 34.1 Å². The van der Waals surface area contributed by atoms with Gasteiger partial charge in [-0.1, -0.05) is 19.1 Å². The van der Waals surface area contributed by atoms with Crippen LogP contribution < -0.4 is 0 Å². The minimum absolute atomic E-state index is 0.0804. The van der Waals surface area contributed by atoms with E-state index in [2.05, 4.69) is 4.74 Å². The Morgan fingerprint density at radius 3 is 2.71 bits per heavy atom. The lowest BCUT2D eigenvalue weighted by atomic mass is 9.64. The highest BCUT2D eigenvalue weighted by Gasteiger charge is 2.67. The number of aliphatic hydroxyl groups is 1. The summed E-state index contributed by atoms with van der Waals surface area (Å²) < 4.78 is 10.7. The van der Waals surface area contributed by atoms with Crippen LogP contribution in [0.1, 0.15) is 37.9 Å². The molecule has 8 heteroatoms. The van der Waals surface area contributed by atoms with Crippen molar-refractivity contribution in [2.24, 2.45) is 23.7 Å². The maximum atomic E-state index is 12.9. The predicted octanol–water partition coefficient (Wildman–Crippen LogP) is 1.96. The van der Waals surface area contributed by atoms with Crippen molar-refractivity contribution in [3.63, 3.8) is 0 Å². The van der Waals surface area contributed by atoms with Gasteiger partial charge in [0.15, 0.2) is 5.79 Å². The number of likely N-dealkylation sites (tertiary alicyclic amines) is 1. The molecule has 28 heavy (non-hydrogen) atoms. The van der Waals surface area contributed by atoms with Crippen molar-refractivity contribution in [2.45, 2.75) is 38.1 Å². The van der Waals surface area contributed by atoms with Crippen LogP contribution in [0.4, 0.5) is 4.79 Å². The number of hydrogen-bond donors (Lipinski definition) is 2. The highest BCUT2D eigenvalue weighted by molar-refractivity contribution is 6.15. The molecule has 6 atom stereocenters. The standard InChI is InChI=1S/C20H23NO7/c1-3-11-8-13-16(18(24)21(17(13)23)19(25)27-2)14-9-15(28-20(11,14)26)10-5-4-6-12(22)7-10/h4-7,11,13-16,22,26H,3,8-9H2,1-2H3/t11-,13-,14-,15-,16-,20+/m0/s1. The molecule has 3 aliphatic rings. The van der Waals surface area contributed by atoms with Crippen LogP contribution in [0.2, 0.25) is 0 Å². The molecule has 2 heterocycles. The second-order valence-corrected chi connectivity index (χ2v) is 7.75. The van der Waals surface area contributed by atoms with Gasteiger partial charge in [0.25, 0.3) is 0 Å². The molecule has 0 spiro atoms. The molecule has 0 unspecified atom stereocenters. The Morgan fingerprint density at radius 2 is 2.07 bits per heavy atom. The molecule has 150 valence electrons. The van der Waals surface area contributed by atoms with Gasteiger partial charge in [-0.3, -0.25) is 9.59 Å². The third-order valence-corrected chi connectivity index (χ3v) is 6.46. The lowest BCUT2D eigenvalue weighted by Gasteiger charge is -2.44. The van der Waals surface area contributed by atoms with Crippen LogP contribution in [0.3, 0.4) is 0 Å². The molecule has 1 aromatic carbocycles. The van der Waals surface area contributed by atoms with E-state index >= 15 is 0 Å². The number of nitrogens with zero attached hydrogens (tertiary/aromatic N) is 1. The van der Waals surface area contributed by atoms with Crippen LogP contribution in [0, 0.1) is 23.7 Å². The van der Waals surface area contributed by atoms with Crippen LogP contribution in [-0.2, 0) is 19.1 Å². The number of amides is 3. The molecule has 1 saturated carbocycles. The zero-order valence-corrected chi connectivity index (χ0v) is 15.7. The van der Waals surface area contributed by atoms with E-state index in [1.54, 1.807) is 24.3 Å². The molecule has 2 N–H and O–H groups in total. The summed E-state index contributed by atoms with van der Waals surface area (Å²) in [5.74, 6) is -5.19. The number of methoxy groups -OCH3 is 1. The topological polar surface area (TPSA) is 113 Å². The fourth-order valence-corrected chi connectivity index (χ4v) is 5.15. The smallest absolute Gasteiger partial charge is 0.423 e. The fraction of sp³-hybridized carbons (Fsp3) is 0.550. The molecule has 1 aliphatic carbocycles. The van der Waals surface area contributed by atoms with Crippen LogP contribution in [-0.4, -0.2) is 45.9 Å². The van der Waals surface area contributed by atoms with E-state index in [-0.39, 0.29) is 18.1 Å². The molecule has 3 amide bonds. The van der Waals surface area contributed by atoms with Crippen molar-refractivity contribution in [3.05, 3.63) is 29.8 Å². The summed E-state index contributed by atoms with van der Waals surface area (Å²) in [4.78, 5) is 38.2. The number of benzene rings is 1. The molecule has 1 aromatic rings. The summed E-state index contributed by atoms with van der Waals surface area (Å²) in [7, 11) is 1.12. The minimum Gasteiger partial charge on any atom is -0.508 e. The van der Waals surface area contributed by atoms with Crippen LogP contribution >= 0.6 is 0 Å². The van der Waals surface area contributed by atoms with E-state index in [4.69, 9.17) is 4.74 Å². The Labute approximate surface area is 162 Å². The van der Waals surface area contributed by atoms with Crippen molar-refractivity contribution >= 4 is 17.9 Å². The number of rotatable bonds is 2.